The van der Waals surface area contributed by atoms with Gasteiger partial charge in [-0.3, -0.25) is 33.8 Å². The number of aliphatic hydroxyl groups is 1. The number of benzene rings is 1. The number of aliphatic hydroxyl groups excluding tert-OH is 1. The minimum Gasteiger partial charge on any atom is -0.503 e. The Labute approximate surface area is 280 Å². The van der Waals surface area contributed by atoms with E-state index in [4.69, 9.17) is 11.6 Å². The summed E-state index contributed by atoms with van der Waals surface area (Å²) in [6.07, 6.45) is 14.3. The topological polar surface area (TPSA) is 127 Å². The van der Waals surface area contributed by atoms with Gasteiger partial charge in [-0.05, 0) is 75.3 Å². The fraction of sp³-hybridized carbons (Fsp3) is 0.457. The molecule has 0 radical (unpaired) electrons. The molecule has 0 unspecified atom stereocenters. The number of hydrogen-bond acceptors (Lipinski definition) is 7. The molecule has 1 aromatic carbocycles. The number of ketones is 1. The molecule has 1 spiro atoms. The van der Waals surface area contributed by atoms with Crippen molar-refractivity contribution in [1.82, 2.24) is 20.0 Å². The first-order chi connectivity index (χ1) is 22.6. The van der Waals surface area contributed by atoms with Gasteiger partial charge in [0.05, 0.1) is 18.3 Å². The Balaban J connectivity index is 0.000000426. The van der Waals surface area contributed by atoms with Crippen molar-refractivity contribution in [1.29, 1.82) is 0 Å². The van der Waals surface area contributed by atoms with Gasteiger partial charge in [0.15, 0.2) is 11.5 Å². The first-order valence-corrected chi connectivity index (χ1v) is 16.4. The highest BCUT2D eigenvalue weighted by molar-refractivity contribution is 6.25. The molecule has 2 heterocycles. The third kappa shape index (κ3) is 9.95. The number of nitrogens with one attached hydrogen (secondary N) is 1. The number of hydrogen-bond donors (Lipinski definition) is 2. The Kier molecular flexibility index (Phi) is 14.6. The van der Waals surface area contributed by atoms with Crippen molar-refractivity contribution < 1.29 is 33.5 Å². The molecule has 3 aliphatic rings. The lowest BCUT2D eigenvalue weighted by molar-refractivity contribution is -0.154. The van der Waals surface area contributed by atoms with Crippen molar-refractivity contribution >= 4 is 41.4 Å². The number of allylic oxidation sites excluding steroid dienone is 1. The lowest BCUT2D eigenvalue weighted by atomic mass is 9.90. The van der Waals surface area contributed by atoms with Crippen molar-refractivity contribution in [2.45, 2.75) is 76.9 Å². The second-order valence-electron chi connectivity index (χ2n) is 11.7. The molecule has 254 valence electrons. The van der Waals surface area contributed by atoms with Gasteiger partial charge in [-0.2, -0.15) is 0 Å². The first kappa shape index (κ1) is 37.4. The number of aldehydes is 1. The van der Waals surface area contributed by atoms with Gasteiger partial charge in [0.25, 0.3) is 11.8 Å². The summed E-state index contributed by atoms with van der Waals surface area (Å²) in [4.78, 5) is 65.2. The van der Waals surface area contributed by atoms with Gasteiger partial charge < -0.3 is 15.3 Å². The zero-order chi connectivity index (χ0) is 34.4. The summed E-state index contributed by atoms with van der Waals surface area (Å²) in [7, 11) is 1.85. The highest BCUT2D eigenvalue weighted by Gasteiger charge is 2.50. The second kappa shape index (κ2) is 18.3. The van der Waals surface area contributed by atoms with Crippen LogP contribution in [0, 0.1) is 5.82 Å². The maximum Gasteiger partial charge on any atom is 0.294 e. The van der Waals surface area contributed by atoms with Crippen LogP contribution in [-0.4, -0.2) is 81.9 Å². The fourth-order valence-corrected chi connectivity index (χ4v) is 6.25. The predicted molar refractivity (Wildman–Crippen MR) is 177 cm³/mol. The summed E-state index contributed by atoms with van der Waals surface area (Å²) >= 11 is 5.25. The SMILES string of the molecule is CCc1cc(CN2CC/C=C3\C(=O)CN(C)C4(CCCCCC4)N3C(=O)/C(O)=C/C2=O)ccc1F.O=C/C=C/C(=O)NCC/C=C/Cl. The van der Waals surface area contributed by atoms with E-state index in [1.807, 2.05) is 18.9 Å². The molecule has 12 heteroatoms. The van der Waals surface area contributed by atoms with Gasteiger partial charge in [-0.15, -0.1) is 0 Å². The monoisotopic (exact) mass is 670 g/mol. The molecule has 10 nitrogen and oxygen atoms in total. The maximum atomic E-state index is 13.9. The molecular formula is C35H44ClFN4O6. The van der Waals surface area contributed by atoms with Crippen molar-refractivity contribution in [3.63, 3.8) is 0 Å². The summed E-state index contributed by atoms with van der Waals surface area (Å²) in [5.74, 6) is -2.62. The Morgan fingerprint density at radius 3 is 2.53 bits per heavy atom. The van der Waals surface area contributed by atoms with Gasteiger partial charge in [-0.1, -0.05) is 55.7 Å². The largest absolute Gasteiger partial charge is 0.503 e. The average molecular weight is 671 g/mol. The van der Waals surface area contributed by atoms with Gasteiger partial charge in [0.1, 0.15) is 17.8 Å². The average Bonchev–Trinajstić information content (AvgIpc) is 3.31. The molecule has 1 aliphatic carbocycles. The molecule has 47 heavy (non-hydrogen) atoms. The number of nitrogens with zero attached hydrogens (tertiary/aromatic N) is 3. The van der Waals surface area contributed by atoms with Crippen LogP contribution in [0.2, 0.25) is 0 Å². The van der Waals surface area contributed by atoms with Crippen LogP contribution in [0.25, 0.3) is 0 Å². The standard InChI is InChI=1S/C27H34FN3O4.C8H10ClNO2/c1-3-20-15-19(10-11-21(20)28)17-30-14-8-9-22-24(33)18-29(2)27(12-6-4-5-7-13-27)31(22)26(35)23(32)16-25(30)34;9-5-1-2-6-10-8(12)4-3-7-11/h9-11,15-16,32H,3-8,12-14,17-18H2,1-2H3;1,3-5,7H,2,6H2,(H,10,12)/b22-9+,23-16-;4-3+,5-1+. The molecule has 1 aromatic rings. The number of fused-ring (bicyclic) bond motifs is 2. The molecule has 2 N–H and O–H groups in total. The highest BCUT2D eigenvalue weighted by Crippen LogP contribution is 2.41. The Hall–Kier alpha value is -4.09. The van der Waals surface area contributed by atoms with E-state index in [1.165, 1.54) is 27.5 Å². The number of Topliss-reactive ketones (excluding diaryl/α,β-unsaturated/α-hetero) is 1. The number of carbonyl (C=O) groups excluding carboxylic acids is 5. The van der Waals surface area contributed by atoms with Crippen LogP contribution in [0.4, 0.5) is 4.39 Å². The number of rotatable bonds is 8. The number of halogens is 2. The zero-order valence-electron chi connectivity index (χ0n) is 27.1. The highest BCUT2D eigenvalue weighted by atomic mass is 35.5. The van der Waals surface area contributed by atoms with E-state index in [0.29, 0.717) is 62.7 Å². The molecule has 4 rings (SSSR count). The van der Waals surface area contributed by atoms with E-state index < -0.39 is 23.2 Å². The summed E-state index contributed by atoms with van der Waals surface area (Å²) in [5.41, 5.74) is 2.33. The lowest BCUT2D eigenvalue weighted by Crippen LogP contribution is -2.66. The molecule has 2 fully saturated rings. The Morgan fingerprint density at radius 1 is 1.15 bits per heavy atom. The van der Waals surface area contributed by atoms with Crippen molar-refractivity contribution in [2.24, 2.45) is 0 Å². The van der Waals surface area contributed by atoms with E-state index in [2.05, 4.69) is 5.32 Å². The van der Waals surface area contributed by atoms with E-state index in [9.17, 15) is 33.5 Å². The predicted octanol–water partition coefficient (Wildman–Crippen LogP) is 4.84. The Morgan fingerprint density at radius 2 is 1.87 bits per heavy atom. The van der Waals surface area contributed by atoms with Crippen LogP contribution in [-0.2, 0) is 36.9 Å². The number of amides is 3. The van der Waals surface area contributed by atoms with E-state index in [-0.39, 0.29) is 30.6 Å². The maximum absolute atomic E-state index is 13.9. The second-order valence-corrected chi connectivity index (χ2v) is 12.0. The summed E-state index contributed by atoms with van der Waals surface area (Å²) in [5, 5.41) is 13.3. The van der Waals surface area contributed by atoms with E-state index >= 15 is 0 Å². The zero-order valence-corrected chi connectivity index (χ0v) is 27.8. The van der Waals surface area contributed by atoms with Gasteiger partial charge in [-0.25, -0.2) is 4.39 Å². The quantitative estimate of drug-likeness (QED) is 0.230. The smallest absolute Gasteiger partial charge is 0.294 e. The third-order valence-corrected chi connectivity index (χ3v) is 8.74. The Bertz CT molecular complexity index is 1430. The van der Waals surface area contributed by atoms with Crippen LogP contribution >= 0.6 is 11.6 Å². The summed E-state index contributed by atoms with van der Waals surface area (Å²) < 4.78 is 13.9. The van der Waals surface area contributed by atoms with Crippen LogP contribution in [0.15, 0.2) is 65.6 Å². The van der Waals surface area contributed by atoms with Crippen molar-refractivity contribution in [3.8, 4) is 0 Å². The summed E-state index contributed by atoms with van der Waals surface area (Å²) in [6.45, 7) is 3.09. The minimum atomic E-state index is -0.719. The van der Waals surface area contributed by atoms with Gasteiger partial charge in [0, 0.05) is 31.2 Å². The molecule has 0 bridgehead atoms. The van der Waals surface area contributed by atoms with Gasteiger partial charge >= 0.3 is 0 Å². The van der Waals surface area contributed by atoms with E-state index in [1.54, 1.807) is 24.3 Å². The molecule has 1 saturated carbocycles. The molecule has 2 aliphatic heterocycles. The number of aryl methyl sites for hydroxylation is 1. The molecule has 0 atom stereocenters. The lowest BCUT2D eigenvalue weighted by Gasteiger charge is -2.53. The van der Waals surface area contributed by atoms with Crippen LogP contribution in [0.1, 0.15) is 69.4 Å². The molecule has 3 amide bonds. The first-order valence-electron chi connectivity index (χ1n) is 16.0. The van der Waals surface area contributed by atoms with Crippen LogP contribution < -0.4 is 5.32 Å². The van der Waals surface area contributed by atoms with Crippen molar-refractivity contribution in [3.05, 3.63) is 82.5 Å². The van der Waals surface area contributed by atoms with E-state index in [0.717, 1.165) is 43.4 Å². The third-order valence-electron chi connectivity index (χ3n) is 8.56. The molecule has 1 saturated heterocycles. The van der Waals surface area contributed by atoms with Gasteiger partial charge in [0.2, 0.25) is 5.91 Å². The van der Waals surface area contributed by atoms with Crippen LogP contribution in [0.5, 0.6) is 0 Å². The molecule has 0 aromatic heterocycles. The van der Waals surface area contributed by atoms with Crippen LogP contribution in [0.3, 0.4) is 0 Å². The van der Waals surface area contributed by atoms with Crippen molar-refractivity contribution in [2.75, 3.05) is 26.7 Å². The summed E-state index contributed by atoms with van der Waals surface area (Å²) in [6, 6.07) is 4.75. The fourth-order valence-electron chi connectivity index (χ4n) is 6.12. The number of carbonyl (C=O) groups is 5. The normalized spacial score (nSPS) is 21.3. The molecular weight excluding hydrogens is 627 g/mol. The minimum absolute atomic E-state index is 0.173. The number of likely N-dealkylation sites (N-methyl/N-ethyl adjacent to an activating group) is 1.